The Hall–Kier alpha value is -2.07. The van der Waals surface area contributed by atoms with Crippen molar-refractivity contribution < 1.29 is 14.1 Å². The minimum absolute atomic E-state index is 0.126. The zero-order chi connectivity index (χ0) is 10.7. The molecule has 1 aromatic rings. The topological polar surface area (TPSA) is 72.6 Å². The van der Waals surface area contributed by atoms with Gasteiger partial charge in [0.2, 0.25) is 6.08 Å². The highest BCUT2D eigenvalue weighted by molar-refractivity contribution is 5.62. The molecule has 0 saturated heterocycles. The Morgan fingerprint density at radius 3 is 2.71 bits per heavy atom. The number of rotatable bonds is 2. The van der Waals surface area contributed by atoms with Gasteiger partial charge in [0.05, 0.1) is 4.92 Å². The number of nitro benzene ring substituents is 1. The van der Waals surface area contributed by atoms with Gasteiger partial charge < -0.3 is 0 Å². The molecule has 0 amide bonds. The summed E-state index contributed by atoms with van der Waals surface area (Å²) in [4.78, 5) is 22.7. The average Bonchev–Trinajstić information content (AvgIpc) is 2.11. The molecular formula is C8H5FN2O3. The summed E-state index contributed by atoms with van der Waals surface area (Å²) < 4.78 is 12.9. The molecular weight excluding hydrogens is 191 g/mol. The molecule has 0 atom stereocenters. The Labute approximate surface area is 78.0 Å². The number of isocyanates is 1. The highest BCUT2D eigenvalue weighted by Gasteiger charge is 2.16. The summed E-state index contributed by atoms with van der Waals surface area (Å²) in [6.07, 6.45) is 1.13. The molecule has 0 spiro atoms. The SMILES string of the molecule is Cc1cc([N+](=O)[O-])c(N=C=O)cc1F. The number of halogens is 1. The number of nitrogens with zero attached hydrogens (tertiary/aromatic N) is 2. The van der Waals surface area contributed by atoms with Crippen LogP contribution in [0, 0.1) is 22.9 Å². The molecule has 0 aromatic heterocycles. The van der Waals surface area contributed by atoms with Crippen molar-refractivity contribution in [1.82, 2.24) is 0 Å². The van der Waals surface area contributed by atoms with E-state index in [0.717, 1.165) is 18.2 Å². The second-order valence-corrected chi connectivity index (χ2v) is 2.55. The minimum Gasteiger partial charge on any atom is -0.258 e. The molecule has 0 aliphatic heterocycles. The molecule has 5 nitrogen and oxygen atoms in total. The fourth-order valence-corrected chi connectivity index (χ4v) is 0.941. The van der Waals surface area contributed by atoms with Crippen molar-refractivity contribution in [2.75, 3.05) is 0 Å². The lowest BCUT2D eigenvalue weighted by molar-refractivity contribution is -0.384. The van der Waals surface area contributed by atoms with Gasteiger partial charge in [-0.25, -0.2) is 9.18 Å². The first-order valence-corrected chi connectivity index (χ1v) is 3.58. The van der Waals surface area contributed by atoms with E-state index >= 15 is 0 Å². The van der Waals surface area contributed by atoms with Gasteiger partial charge in [0, 0.05) is 12.1 Å². The van der Waals surface area contributed by atoms with E-state index in [-0.39, 0.29) is 11.3 Å². The summed E-state index contributed by atoms with van der Waals surface area (Å²) in [5.74, 6) is -0.649. The summed E-state index contributed by atoms with van der Waals surface area (Å²) in [5, 5.41) is 10.5. The highest BCUT2D eigenvalue weighted by Crippen LogP contribution is 2.29. The van der Waals surface area contributed by atoms with Gasteiger partial charge in [-0.2, -0.15) is 4.99 Å². The second-order valence-electron chi connectivity index (χ2n) is 2.55. The molecule has 0 unspecified atom stereocenters. The number of hydrogen-bond donors (Lipinski definition) is 0. The highest BCUT2D eigenvalue weighted by atomic mass is 19.1. The van der Waals surface area contributed by atoms with Crippen LogP contribution in [0.25, 0.3) is 0 Å². The van der Waals surface area contributed by atoms with Crippen molar-refractivity contribution >= 4 is 17.5 Å². The first kappa shape index (κ1) is 10.0. The van der Waals surface area contributed by atoms with E-state index in [0.29, 0.717) is 0 Å². The van der Waals surface area contributed by atoms with Crippen LogP contribution in [-0.2, 0) is 4.79 Å². The quantitative estimate of drug-likeness (QED) is 0.314. The smallest absolute Gasteiger partial charge is 0.258 e. The molecule has 0 heterocycles. The number of aliphatic imine (C=N–C) groups is 1. The lowest BCUT2D eigenvalue weighted by Crippen LogP contribution is -1.91. The first-order valence-electron chi connectivity index (χ1n) is 3.58. The van der Waals surface area contributed by atoms with Crippen molar-refractivity contribution in [3.05, 3.63) is 33.6 Å². The Morgan fingerprint density at radius 2 is 2.21 bits per heavy atom. The maximum Gasteiger partial charge on any atom is 0.296 e. The van der Waals surface area contributed by atoms with Crippen molar-refractivity contribution in [3.63, 3.8) is 0 Å². The fourth-order valence-electron chi connectivity index (χ4n) is 0.941. The third-order valence-corrected chi connectivity index (χ3v) is 1.62. The molecule has 0 bridgehead atoms. The van der Waals surface area contributed by atoms with Crippen LogP contribution in [0.2, 0.25) is 0 Å². The van der Waals surface area contributed by atoms with Gasteiger partial charge >= 0.3 is 0 Å². The number of benzene rings is 1. The third kappa shape index (κ3) is 1.81. The van der Waals surface area contributed by atoms with Gasteiger partial charge in [0.25, 0.3) is 5.69 Å². The van der Waals surface area contributed by atoms with Crippen LogP contribution in [0.4, 0.5) is 15.8 Å². The Balaban J connectivity index is 3.45. The van der Waals surface area contributed by atoms with E-state index in [9.17, 15) is 19.3 Å². The van der Waals surface area contributed by atoms with Crippen molar-refractivity contribution in [1.29, 1.82) is 0 Å². The minimum atomic E-state index is -0.734. The molecule has 0 N–H and O–H groups in total. The van der Waals surface area contributed by atoms with Gasteiger partial charge in [0.1, 0.15) is 5.82 Å². The Morgan fingerprint density at radius 1 is 1.57 bits per heavy atom. The molecule has 1 rings (SSSR count). The summed E-state index contributed by atoms with van der Waals surface area (Å²) in [6, 6.07) is 1.85. The Kier molecular flexibility index (Phi) is 2.69. The normalized spacial score (nSPS) is 9.29. The number of hydrogen-bond acceptors (Lipinski definition) is 4. The number of carbonyl (C=O) groups excluding carboxylic acids is 1. The zero-order valence-corrected chi connectivity index (χ0v) is 7.15. The van der Waals surface area contributed by atoms with Crippen molar-refractivity contribution in [2.24, 2.45) is 4.99 Å². The summed E-state index contributed by atoms with van der Waals surface area (Å²) >= 11 is 0. The lowest BCUT2D eigenvalue weighted by Gasteiger charge is -1.98. The molecule has 0 saturated carbocycles. The molecule has 6 heteroatoms. The Bertz CT molecular complexity index is 411. The first-order chi connectivity index (χ1) is 6.56. The second kappa shape index (κ2) is 3.76. The standard InChI is InChI=1S/C8H5FN2O3/c1-5-2-8(11(13)14)7(10-4-12)3-6(5)9/h2-3H,1H3. The van der Waals surface area contributed by atoms with Crippen LogP contribution < -0.4 is 0 Å². The third-order valence-electron chi connectivity index (χ3n) is 1.62. The number of aryl methyl sites for hydroxylation is 1. The van der Waals surface area contributed by atoms with Gasteiger partial charge in [-0.05, 0) is 12.5 Å². The van der Waals surface area contributed by atoms with E-state index in [1.165, 1.54) is 6.92 Å². The van der Waals surface area contributed by atoms with Gasteiger partial charge in [-0.15, -0.1) is 0 Å². The summed E-state index contributed by atoms with van der Waals surface area (Å²) in [7, 11) is 0. The predicted molar refractivity (Wildman–Crippen MR) is 45.6 cm³/mol. The van der Waals surface area contributed by atoms with E-state index in [1.54, 1.807) is 0 Å². The van der Waals surface area contributed by atoms with Gasteiger partial charge in [-0.1, -0.05) is 0 Å². The average molecular weight is 196 g/mol. The molecule has 0 radical (unpaired) electrons. The monoisotopic (exact) mass is 196 g/mol. The van der Waals surface area contributed by atoms with Crippen LogP contribution in [0.5, 0.6) is 0 Å². The van der Waals surface area contributed by atoms with Crippen molar-refractivity contribution in [2.45, 2.75) is 6.92 Å². The van der Waals surface area contributed by atoms with Crippen LogP contribution in [0.3, 0.4) is 0 Å². The fraction of sp³-hybridized carbons (Fsp3) is 0.125. The van der Waals surface area contributed by atoms with Gasteiger partial charge in [-0.3, -0.25) is 10.1 Å². The van der Waals surface area contributed by atoms with E-state index in [4.69, 9.17) is 0 Å². The number of nitro groups is 1. The van der Waals surface area contributed by atoms with Crippen LogP contribution in [-0.4, -0.2) is 11.0 Å². The van der Waals surface area contributed by atoms with E-state index in [2.05, 4.69) is 4.99 Å². The maximum atomic E-state index is 12.9. The molecule has 0 aliphatic rings. The van der Waals surface area contributed by atoms with E-state index < -0.39 is 16.4 Å². The lowest BCUT2D eigenvalue weighted by atomic mass is 10.2. The molecule has 0 fully saturated rings. The van der Waals surface area contributed by atoms with Crippen LogP contribution >= 0.6 is 0 Å². The molecule has 14 heavy (non-hydrogen) atoms. The zero-order valence-electron chi connectivity index (χ0n) is 7.15. The van der Waals surface area contributed by atoms with Crippen LogP contribution in [0.15, 0.2) is 17.1 Å². The van der Waals surface area contributed by atoms with Crippen molar-refractivity contribution in [3.8, 4) is 0 Å². The predicted octanol–water partition coefficient (Wildman–Crippen LogP) is 2.01. The largest absolute Gasteiger partial charge is 0.296 e. The molecule has 1 aromatic carbocycles. The van der Waals surface area contributed by atoms with Gasteiger partial charge in [0.15, 0.2) is 5.69 Å². The molecule has 0 aliphatic carbocycles. The summed E-state index contributed by atoms with van der Waals surface area (Å²) in [5.41, 5.74) is -0.609. The molecule has 72 valence electrons. The maximum absolute atomic E-state index is 12.9. The van der Waals surface area contributed by atoms with E-state index in [1.807, 2.05) is 0 Å². The van der Waals surface area contributed by atoms with Crippen LogP contribution in [0.1, 0.15) is 5.56 Å². The summed E-state index contributed by atoms with van der Waals surface area (Å²) in [6.45, 7) is 1.39.